The fraction of sp³-hybridized carbons (Fsp3) is 1.00. The Balaban J connectivity index is 2.02. The van der Waals surface area contributed by atoms with Crippen molar-refractivity contribution in [2.45, 2.75) is 70.9 Å². The first-order valence-corrected chi connectivity index (χ1v) is 8.42. The zero-order valence-corrected chi connectivity index (χ0v) is 14.0. The number of ether oxygens (including phenoxy) is 1. The minimum absolute atomic E-state index is 0.177. The zero-order chi connectivity index (χ0) is 14.8. The van der Waals surface area contributed by atoms with Gasteiger partial charge in [0, 0.05) is 25.2 Å². The highest BCUT2D eigenvalue weighted by molar-refractivity contribution is 5.01. The monoisotopic (exact) mass is 282 g/mol. The van der Waals surface area contributed by atoms with Gasteiger partial charge in [0.05, 0.1) is 6.10 Å². The van der Waals surface area contributed by atoms with Gasteiger partial charge in [0.15, 0.2) is 0 Å². The molecule has 2 aliphatic rings. The average molecular weight is 282 g/mol. The van der Waals surface area contributed by atoms with E-state index in [1.54, 1.807) is 0 Å². The highest BCUT2D eigenvalue weighted by Gasteiger charge is 2.45. The van der Waals surface area contributed by atoms with Crippen molar-refractivity contribution in [2.75, 3.05) is 26.7 Å². The summed E-state index contributed by atoms with van der Waals surface area (Å²) in [5.74, 6) is 0.657. The van der Waals surface area contributed by atoms with Crippen molar-refractivity contribution in [3.05, 3.63) is 0 Å². The van der Waals surface area contributed by atoms with Crippen LogP contribution in [0.15, 0.2) is 0 Å². The molecule has 2 N–H and O–H groups in total. The summed E-state index contributed by atoms with van der Waals surface area (Å²) >= 11 is 0. The van der Waals surface area contributed by atoms with Crippen molar-refractivity contribution in [2.24, 2.45) is 17.1 Å². The van der Waals surface area contributed by atoms with E-state index in [1.165, 1.54) is 38.5 Å². The Morgan fingerprint density at radius 2 is 2.00 bits per heavy atom. The summed E-state index contributed by atoms with van der Waals surface area (Å²) in [7, 11) is 2.26. The molecule has 3 heteroatoms. The summed E-state index contributed by atoms with van der Waals surface area (Å²) in [6.07, 6.45) is 7.96. The van der Waals surface area contributed by atoms with E-state index in [4.69, 9.17) is 10.5 Å². The summed E-state index contributed by atoms with van der Waals surface area (Å²) in [5, 5.41) is 0. The van der Waals surface area contributed by atoms with Crippen LogP contribution < -0.4 is 5.73 Å². The Hall–Kier alpha value is -0.120. The van der Waals surface area contributed by atoms with Crippen LogP contribution in [0.25, 0.3) is 0 Å². The molecule has 0 radical (unpaired) electrons. The van der Waals surface area contributed by atoms with Gasteiger partial charge in [-0.1, -0.05) is 20.8 Å². The Morgan fingerprint density at radius 3 is 2.55 bits per heavy atom. The van der Waals surface area contributed by atoms with E-state index in [2.05, 4.69) is 32.7 Å². The van der Waals surface area contributed by atoms with Crippen molar-refractivity contribution in [1.82, 2.24) is 4.90 Å². The molecule has 0 spiro atoms. The Morgan fingerprint density at radius 1 is 1.25 bits per heavy atom. The van der Waals surface area contributed by atoms with Crippen LogP contribution in [0.4, 0.5) is 0 Å². The van der Waals surface area contributed by atoms with Gasteiger partial charge in [-0.25, -0.2) is 0 Å². The molecule has 1 heterocycles. The number of likely N-dealkylation sites (N-methyl/N-ethyl adjacent to an activating group) is 1. The molecule has 1 saturated heterocycles. The highest BCUT2D eigenvalue weighted by Crippen LogP contribution is 2.46. The van der Waals surface area contributed by atoms with Gasteiger partial charge in [0.1, 0.15) is 0 Å². The van der Waals surface area contributed by atoms with Crippen molar-refractivity contribution < 1.29 is 4.74 Å². The van der Waals surface area contributed by atoms with E-state index in [-0.39, 0.29) is 5.54 Å². The molecule has 0 aromatic heterocycles. The highest BCUT2D eigenvalue weighted by atomic mass is 16.5. The van der Waals surface area contributed by atoms with Crippen LogP contribution in [0.2, 0.25) is 0 Å². The maximum atomic E-state index is 6.24. The fourth-order valence-corrected chi connectivity index (χ4v) is 4.39. The van der Waals surface area contributed by atoms with E-state index in [0.29, 0.717) is 17.4 Å². The SMILES string of the molecule is CC1CC(C)(C)CCC1(CN)N(C)CC1CCCCO1. The first kappa shape index (κ1) is 16.3. The molecule has 3 unspecified atom stereocenters. The first-order chi connectivity index (χ1) is 9.39. The molecular weight excluding hydrogens is 248 g/mol. The largest absolute Gasteiger partial charge is 0.377 e. The summed E-state index contributed by atoms with van der Waals surface area (Å²) in [6, 6.07) is 0. The lowest BCUT2D eigenvalue weighted by molar-refractivity contribution is -0.0565. The van der Waals surface area contributed by atoms with Gasteiger partial charge in [-0.15, -0.1) is 0 Å². The minimum Gasteiger partial charge on any atom is -0.377 e. The second kappa shape index (κ2) is 6.33. The molecule has 0 aromatic carbocycles. The lowest BCUT2D eigenvalue weighted by Crippen LogP contribution is -2.61. The van der Waals surface area contributed by atoms with Crippen LogP contribution in [0.3, 0.4) is 0 Å². The summed E-state index contributed by atoms with van der Waals surface area (Å²) < 4.78 is 5.92. The maximum Gasteiger partial charge on any atom is 0.0702 e. The van der Waals surface area contributed by atoms with Crippen molar-refractivity contribution in [1.29, 1.82) is 0 Å². The molecule has 0 amide bonds. The average Bonchev–Trinajstić information content (AvgIpc) is 2.39. The molecule has 0 bridgehead atoms. The van der Waals surface area contributed by atoms with Gasteiger partial charge in [0.25, 0.3) is 0 Å². The van der Waals surface area contributed by atoms with E-state index < -0.39 is 0 Å². The standard InChI is InChI=1S/C17H34N2O/c1-14-11-16(2,3)8-9-17(14,13-18)19(4)12-15-7-5-6-10-20-15/h14-15H,5-13,18H2,1-4H3. The molecular formula is C17H34N2O. The summed E-state index contributed by atoms with van der Waals surface area (Å²) in [6.45, 7) is 9.94. The van der Waals surface area contributed by atoms with Crippen LogP contribution in [-0.2, 0) is 4.74 Å². The van der Waals surface area contributed by atoms with E-state index >= 15 is 0 Å². The zero-order valence-electron chi connectivity index (χ0n) is 14.0. The predicted octanol–water partition coefficient (Wildman–Crippen LogP) is 3.03. The molecule has 0 aromatic rings. The number of rotatable bonds is 4. The van der Waals surface area contributed by atoms with E-state index in [0.717, 1.165) is 19.7 Å². The lowest BCUT2D eigenvalue weighted by Gasteiger charge is -2.53. The summed E-state index contributed by atoms with van der Waals surface area (Å²) in [5.41, 5.74) is 6.89. The van der Waals surface area contributed by atoms with Crippen molar-refractivity contribution >= 4 is 0 Å². The molecule has 3 atom stereocenters. The van der Waals surface area contributed by atoms with Crippen molar-refractivity contribution in [3.8, 4) is 0 Å². The lowest BCUT2D eigenvalue weighted by atomic mass is 9.63. The molecule has 20 heavy (non-hydrogen) atoms. The molecule has 1 aliphatic carbocycles. The number of hydrogen-bond acceptors (Lipinski definition) is 3. The Kier molecular flexibility index (Phi) is 5.14. The third-order valence-corrected chi connectivity index (χ3v) is 5.88. The molecule has 2 fully saturated rings. The van der Waals surface area contributed by atoms with Crippen molar-refractivity contribution in [3.63, 3.8) is 0 Å². The van der Waals surface area contributed by atoms with Crippen LogP contribution in [0.5, 0.6) is 0 Å². The smallest absolute Gasteiger partial charge is 0.0702 e. The predicted molar refractivity (Wildman–Crippen MR) is 84.8 cm³/mol. The van der Waals surface area contributed by atoms with E-state index in [1.807, 2.05) is 0 Å². The second-order valence-corrected chi connectivity index (χ2v) is 7.95. The van der Waals surface area contributed by atoms with Crippen LogP contribution >= 0.6 is 0 Å². The molecule has 2 rings (SSSR count). The van der Waals surface area contributed by atoms with Gasteiger partial charge >= 0.3 is 0 Å². The van der Waals surface area contributed by atoms with Gasteiger partial charge in [-0.3, -0.25) is 4.90 Å². The Bertz CT molecular complexity index is 312. The third kappa shape index (κ3) is 3.37. The summed E-state index contributed by atoms with van der Waals surface area (Å²) in [4.78, 5) is 2.53. The van der Waals surface area contributed by atoms with Gasteiger partial charge in [0.2, 0.25) is 0 Å². The minimum atomic E-state index is 0.177. The van der Waals surface area contributed by atoms with Gasteiger partial charge < -0.3 is 10.5 Å². The topological polar surface area (TPSA) is 38.5 Å². The molecule has 1 saturated carbocycles. The van der Waals surface area contributed by atoms with Crippen LogP contribution in [0.1, 0.15) is 59.3 Å². The molecule has 118 valence electrons. The van der Waals surface area contributed by atoms with E-state index in [9.17, 15) is 0 Å². The van der Waals surface area contributed by atoms with Gasteiger partial charge in [-0.05, 0) is 56.9 Å². The van der Waals surface area contributed by atoms with Gasteiger partial charge in [-0.2, -0.15) is 0 Å². The second-order valence-electron chi connectivity index (χ2n) is 7.95. The normalized spacial score (nSPS) is 38.1. The Labute approximate surface area is 125 Å². The quantitative estimate of drug-likeness (QED) is 0.861. The van der Waals surface area contributed by atoms with Crippen LogP contribution in [-0.4, -0.2) is 43.3 Å². The molecule has 3 nitrogen and oxygen atoms in total. The third-order valence-electron chi connectivity index (χ3n) is 5.88. The first-order valence-electron chi connectivity index (χ1n) is 8.42. The molecule has 1 aliphatic heterocycles. The number of nitrogens with zero attached hydrogens (tertiary/aromatic N) is 1. The number of hydrogen-bond donors (Lipinski definition) is 1. The number of nitrogens with two attached hydrogens (primary N) is 1. The van der Waals surface area contributed by atoms with Crippen LogP contribution in [0, 0.1) is 11.3 Å². The maximum absolute atomic E-state index is 6.24. The fourth-order valence-electron chi connectivity index (χ4n) is 4.39.